The average Bonchev–Trinajstić information content (AvgIpc) is 2.28. The zero-order valence-corrected chi connectivity index (χ0v) is 10.0. The second kappa shape index (κ2) is 4.58. The molecule has 0 aromatic heterocycles. The zero-order chi connectivity index (χ0) is 11.5. The van der Waals surface area contributed by atoms with E-state index in [0.29, 0.717) is 10.8 Å². The molecule has 0 aliphatic carbocycles. The van der Waals surface area contributed by atoms with Crippen molar-refractivity contribution in [3.63, 3.8) is 0 Å². The molecule has 81 valence electrons. The molecule has 0 N–H and O–H groups in total. The summed E-state index contributed by atoms with van der Waals surface area (Å²) in [5.41, 5.74) is 2.33. The summed E-state index contributed by atoms with van der Waals surface area (Å²) >= 11 is 5.99. The second-order valence-corrected chi connectivity index (χ2v) is 4.03. The van der Waals surface area contributed by atoms with Crippen molar-refractivity contribution in [1.82, 2.24) is 0 Å². The topological polar surface area (TPSA) is 9.23 Å². The molecule has 0 aliphatic rings. The highest BCUT2D eigenvalue weighted by Crippen LogP contribution is 2.31. The van der Waals surface area contributed by atoms with Gasteiger partial charge in [0.2, 0.25) is 0 Å². The molecule has 16 heavy (non-hydrogen) atoms. The Morgan fingerprint density at radius 1 is 1.06 bits per heavy atom. The minimum atomic E-state index is 0.503. The summed E-state index contributed by atoms with van der Waals surface area (Å²) in [6.45, 7) is 4.09. The fourth-order valence-electron chi connectivity index (χ4n) is 1.43. The van der Waals surface area contributed by atoms with Crippen molar-refractivity contribution in [2.24, 2.45) is 0 Å². The van der Waals surface area contributed by atoms with Crippen LogP contribution >= 0.6 is 11.6 Å². The van der Waals surface area contributed by atoms with Crippen molar-refractivity contribution >= 4 is 11.6 Å². The monoisotopic (exact) mass is 231 g/mol. The minimum absolute atomic E-state index is 0.503. The Labute approximate surface area is 101 Å². The van der Waals surface area contributed by atoms with Gasteiger partial charge in [0.05, 0.1) is 5.02 Å². The number of rotatable bonds is 2. The third-order valence-electron chi connectivity index (χ3n) is 2.55. The van der Waals surface area contributed by atoms with Crippen molar-refractivity contribution in [2.45, 2.75) is 13.8 Å². The summed E-state index contributed by atoms with van der Waals surface area (Å²) in [4.78, 5) is 0. The van der Waals surface area contributed by atoms with E-state index >= 15 is 0 Å². The van der Waals surface area contributed by atoms with E-state index in [1.165, 1.54) is 5.56 Å². The normalized spacial score (nSPS) is 10.2. The smallest absolute Gasteiger partial charge is 0.146 e. The Morgan fingerprint density at radius 2 is 1.81 bits per heavy atom. The van der Waals surface area contributed by atoms with Crippen LogP contribution in [0.15, 0.2) is 36.4 Å². The summed E-state index contributed by atoms with van der Waals surface area (Å²) in [6.07, 6.45) is 0. The fraction of sp³-hybridized carbons (Fsp3) is 0.143. The molecule has 2 aromatic carbocycles. The molecule has 0 unspecified atom stereocenters. The first kappa shape index (κ1) is 11.0. The molecule has 0 saturated heterocycles. The van der Waals surface area contributed by atoms with Crippen LogP contribution in [0.5, 0.6) is 11.5 Å². The highest BCUT2D eigenvalue weighted by molar-refractivity contribution is 6.31. The Bertz CT molecular complexity index is 506. The first-order valence-corrected chi connectivity index (χ1v) is 5.46. The molecule has 1 radical (unpaired) electrons. The number of benzene rings is 2. The summed E-state index contributed by atoms with van der Waals surface area (Å²) < 4.78 is 5.76. The molecule has 0 aliphatic heterocycles. The summed E-state index contributed by atoms with van der Waals surface area (Å²) in [7, 11) is 0. The standard InChI is InChI=1S/C14H12ClO/c1-10-6-5-9-13(11(10)2)16-14-8-4-3-7-12(14)15/h3-6,8-9H,1-2H3. The van der Waals surface area contributed by atoms with E-state index in [0.717, 1.165) is 11.3 Å². The Balaban J connectivity index is 2.35. The van der Waals surface area contributed by atoms with Gasteiger partial charge in [0.25, 0.3) is 0 Å². The molecule has 0 fully saturated rings. The number of aryl methyl sites for hydroxylation is 1. The van der Waals surface area contributed by atoms with Crippen LogP contribution in [-0.2, 0) is 0 Å². The lowest BCUT2D eigenvalue weighted by Gasteiger charge is -2.11. The molecule has 2 rings (SSSR count). The van der Waals surface area contributed by atoms with Crippen molar-refractivity contribution in [3.05, 3.63) is 58.6 Å². The largest absolute Gasteiger partial charge is 0.455 e. The maximum absolute atomic E-state index is 5.99. The van der Waals surface area contributed by atoms with Gasteiger partial charge in [-0.2, -0.15) is 0 Å². The first-order valence-electron chi connectivity index (χ1n) is 5.09. The highest BCUT2D eigenvalue weighted by Gasteiger charge is 2.05. The summed E-state index contributed by atoms with van der Waals surface area (Å²) in [5, 5.41) is 0.503. The Morgan fingerprint density at radius 3 is 2.56 bits per heavy atom. The van der Waals surface area contributed by atoms with Gasteiger partial charge in [-0.1, -0.05) is 35.9 Å². The van der Waals surface area contributed by atoms with Crippen LogP contribution in [0.25, 0.3) is 0 Å². The quantitative estimate of drug-likeness (QED) is 0.737. The van der Waals surface area contributed by atoms with E-state index in [2.05, 4.69) is 19.1 Å². The van der Waals surface area contributed by atoms with Gasteiger partial charge in [-0.3, -0.25) is 0 Å². The number of ether oxygens (including phenoxy) is 1. The second-order valence-electron chi connectivity index (χ2n) is 3.65. The predicted molar refractivity (Wildman–Crippen MR) is 66.3 cm³/mol. The molecule has 0 bridgehead atoms. The summed E-state index contributed by atoms with van der Waals surface area (Å²) in [5.74, 6) is 1.47. The Kier molecular flexibility index (Phi) is 3.16. The van der Waals surface area contributed by atoms with Crippen LogP contribution in [0, 0.1) is 19.9 Å². The van der Waals surface area contributed by atoms with E-state index in [1.807, 2.05) is 31.2 Å². The van der Waals surface area contributed by atoms with Crippen LogP contribution in [0.3, 0.4) is 0 Å². The number of halogens is 1. The van der Waals surface area contributed by atoms with Gasteiger partial charge in [-0.15, -0.1) is 0 Å². The number of hydrogen-bond donors (Lipinski definition) is 0. The van der Waals surface area contributed by atoms with E-state index in [4.69, 9.17) is 16.3 Å². The molecular weight excluding hydrogens is 220 g/mol. The van der Waals surface area contributed by atoms with Gasteiger partial charge in [-0.25, -0.2) is 0 Å². The van der Waals surface area contributed by atoms with Gasteiger partial charge in [-0.05, 0) is 37.1 Å². The number of hydrogen-bond acceptors (Lipinski definition) is 1. The Hall–Kier alpha value is -1.47. The molecule has 1 nitrogen and oxygen atoms in total. The van der Waals surface area contributed by atoms with E-state index in [9.17, 15) is 0 Å². The van der Waals surface area contributed by atoms with E-state index in [-0.39, 0.29) is 0 Å². The third-order valence-corrected chi connectivity index (χ3v) is 2.84. The van der Waals surface area contributed by atoms with Crippen LogP contribution in [0.2, 0.25) is 5.02 Å². The van der Waals surface area contributed by atoms with E-state index < -0.39 is 0 Å². The lowest BCUT2D eigenvalue weighted by atomic mass is 10.1. The molecule has 2 aromatic rings. The minimum Gasteiger partial charge on any atom is -0.455 e. The van der Waals surface area contributed by atoms with Gasteiger partial charge in [0, 0.05) is 6.07 Å². The molecular formula is C14H12ClO. The lowest BCUT2D eigenvalue weighted by molar-refractivity contribution is 0.478. The lowest BCUT2D eigenvalue weighted by Crippen LogP contribution is -1.90. The third kappa shape index (κ3) is 2.20. The van der Waals surface area contributed by atoms with Crippen molar-refractivity contribution in [3.8, 4) is 11.5 Å². The van der Waals surface area contributed by atoms with Crippen LogP contribution < -0.4 is 4.74 Å². The van der Waals surface area contributed by atoms with Gasteiger partial charge < -0.3 is 4.74 Å². The van der Waals surface area contributed by atoms with Gasteiger partial charge in [0.15, 0.2) is 0 Å². The molecule has 0 heterocycles. The maximum atomic E-state index is 5.99. The molecule has 0 atom stereocenters. The van der Waals surface area contributed by atoms with Crippen molar-refractivity contribution < 1.29 is 4.74 Å². The molecule has 0 saturated carbocycles. The molecule has 0 amide bonds. The van der Waals surface area contributed by atoms with Gasteiger partial charge in [0.1, 0.15) is 11.5 Å². The average molecular weight is 232 g/mol. The van der Waals surface area contributed by atoms with E-state index in [1.54, 1.807) is 6.07 Å². The fourth-order valence-corrected chi connectivity index (χ4v) is 1.60. The van der Waals surface area contributed by atoms with Crippen molar-refractivity contribution in [1.29, 1.82) is 0 Å². The first-order chi connectivity index (χ1) is 7.68. The highest BCUT2D eigenvalue weighted by atomic mass is 35.5. The SMILES string of the molecule is Cc1cccc(Oc2ccc[c]c2Cl)c1C. The molecule has 0 spiro atoms. The maximum Gasteiger partial charge on any atom is 0.146 e. The molecule has 2 heteroatoms. The van der Waals surface area contributed by atoms with Gasteiger partial charge >= 0.3 is 0 Å². The van der Waals surface area contributed by atoms with Crippen molar-refractivity contribution in [2.75, 3.05) is 0 Å². The van der Waals surface area contributed by atoms with Crippen LogP contribution in [0.1, 0.15) is 11.1 Å². The summed E-state index contributed by atoms with van der Waals surface area (Å²) in [6, 6.07) is 14.3. The van der Waals surface area contributed by atoms with Crippen LogP contribution in [-0.4, -0.2) is 0 Å². The predicted octanol–water partition coefficient (Wildman–Crippen LogP) is 4.55. The zero-order valence-electron chi connectivity index (χ0n) is 9.25. The van der Waals surface area contributed by atoms with Crippen LogP contribution in [0.4, 0.5) is 0 Å².